The number of esters is 1. The van der Waals surface area contributed by atoms with E-state index in [1.807, 2.05) is 0 Å². The summed E-state index contributed by atoms with van der Waals surface area (Å²) in [6.45, 7) is 6.95. The number of rotatable bonds is 7. The highest BCUT2D eigenvalue weighted by Crippen LogP contribution is 2.26. The maximum Gasteiger partial charge on any atom is 0.324 e. The predicted octanol–water partition coefficient (Wildman–Crippen LogP) is 0.999. The predicted molar refractivity (Wildman–Crippen MR) is 64.1 cm³/mol. The van der Waals surface area contributed by atoms with Crippen LogP contribution in [0.5, 0.6) is 0 Å². The maximum absolute atomic E-state index is 11.4. The summed E-state index contributed by atoms with van der Waals surface area (Å²) in [4.78, 5) is 13.6. The molecular weight excluding hydrogens is 204 g/mol. The van der Waals surface area contributed by atoms with E-state index in [1.54, 1.807) is 6.92 Å². The molecule has 4 nitrogen and oxygen atoms in total. The summed E-state index contributed by atoms with van der Waals surface area (Å²) in [5.74, 6) is 0.531. The highest BCUT2D eigenvalue weighted by atomic mass is 16.5. The van der Waals surface area contributed by atoms with Crippen LogP contribution < -0.4 is 5.73 Å². The van der Waals surface area contributed by atoms with Crippen molar-refractivity contribution in [3.05, 3.63) is 0 Å². The average Bonchev–Trinajstić information content (AvgIpc) is 2.21. The lowest BCUT2D eigenvalue weighted by atomic mass is 9.85. The van der Waals surface area contributed by atoms with Crippen molar-refractivity contribution in [2.24, 2.45) is 11.7 Å². The smallest absolute Gasteiger partial charge is 0.324 e. The molecular formula is C12H24N2O2. The molecule has 0 spiro atoms. The number of nitrogens with zero attached hydrogens (tertiary/aromatic N) is 1. The van der Waals surface area contributed by atoms with Gasteiger partial charge in [-0.05, 0) is 32.2 Å². The van der Waals surface area contributed by atoms with Crippen molar-refractivity contribution < 1.29 is 9.53 Å². The van der Waals surface area contributed by atoms with Crippen LogP contribution in [0.3, 0.4) is 0 Å². The van der Waals surface area contributed by atoms with Crippen LogP contribution in [0.1, 0.15) is 33.1 Å². The molecule has 0 aromatic carbocycles. The van der Waals surface area contributed by atoms with Gasteiger partial charge in [0.15, 0.2) is 0 Å². The topological polar surface area (TPSA) is 55.6 Å². The van der Waals surface area contributed by atoms with E-state index < -0.39 is 6.04 Å². The Bertz CT molecular complexity index is 217. The van der Waals surface area contributed by atoms with Crippen LogP contribution in [0.25, 0.3) is 0 Å². The molecule has 0 aliphatic heterocycles. The molecule has 1 fully saturated rings. The molecule has 1 aliphatic carbocycles. The number of hydrogen-bond acceptors (Lipinski definition) is 4. The zero-order chi connectivity index (χ0) is 12.0. The van der Waals surface area contributed by atoms with Crippen LogP contribution in [-0.2, 0) is 9.53 Å². The Labute approximate surface area is 98.1 Å². The zero-order valence-electron chi connectivity index (χ0n) is 10.4. The highest BCUT2D eigenvalue weighted by molar-refractivity contribution is 5.75. The Hall–Kier alpha value is -0.610. The van der Waals surface area contributed by atoms with Gasteiger partial charge in [0.1, 0.15) is 6.04 Å². The van der Waals surface area contributed by atoms with Gasteiger partial charge in [0.2, 0.25) is 0 Å². The minimum Gasteiger partial charge on any atom is -0.465 e. The molecule has 0 aromatic rings. The summed E-state index contributed by atoms with van der Waals surface area (Å²) in [6.07, 6.45) is 4.00. The summed E-state index contributed by atoms with van der Waals surface area (Å²) in [5.41, 5.74) is 5.80. The van der Waals surface area contributed by atoms with E-state index in [-0.39, 0.29) is 5.97 Å². The molecule has 4 heteroatoms. The number of carbonyl (C=O) groups is 1. The Balaban J connectivity index is 2.27. The van der Waals surface area contributed by atoms with Gasteiger partial charge in [-0.25, -0.2) is 0 Å². The van der Waals surface area contributed by atoms with E-state index in [9.17, 15) is 4.79 Å². The van der Waals surface area contributed by atoms with Crippen molar-refractivity contribution in [2.75, 3.05) is 26.2 Å². The van der Waals surface area contributed by atoms with E-state index in [4.69, 9.17) is 10.5 Å². The van der Waals surface area contributed by atoms with Gasteiger partial charge in [-0.2, -0.15) is 0 Å². The third-order valence-electron chi connectivity index (χ3n) is 3.23. The molecule has 1 unspecified atom stereocenters. The molecule has 0 bridgehead atoms. The summed E-state index contributed by atoms with van der Waals surface area (Å²) < 4.78 is 4.90. The lowest BCUT2D eigenvalue weighted by Gasteiger charge is -2.32. The quantitative estimate of drug-likeness (QED) is 0.660. The van der Waals surface area contributed by atoms with E-state index >= 15 is 0 Å². The molecule has 0 amide bonds. The van der Waals surface area contributed by atoms with Crippen molar-refractivity contribution in [3.8, 4) is 0 Å². The first kappa shape index (κ1) is 13.5. The molecule has 0 saturated heterocycles. The molecule has 1 aliphatic rings. The van der Waals surface area contributed by atoms with Crippen LogP contribution in [0.15, 0.2) is 0 Å². The number of carbonyl (C=O) groups excluding carboxylic acids is 1. The van der Waals surface area contributed by atoms with Crippen LogP contribution in [0.4, 0.5) is 0 Å². The Morgan fingerprint density at radius 2 is 2.19 bits per heavy atom. The molecule has 0 aromatic heterocycles. The second-order valence-electron chi connectivity index (χ2n) is 4.51. The molecule has 2 N–H and O–H groups in total. The lowest BCUT2D eigenvalue weighted by Crippen LogP contribution is -2.45. The minimum atomic E-state index is -0.500. The second kappa shape index (κ2) is 6.86. The van der Waals surface area contributed by atoms with Gasteiger partial charge in [-0.3, -0.25) is 4.79 Å². The maximum atomic E-state index is 11.4. The zero-order valence-corrected chi connectivity index (χ0v) is 10.4. The third kappa shape index (κ3) is 4.10. The molecule has 94 valence electrons. The van der Waals surface area contributed by atoms with E-state index in [0.29, 0.717) is 13.2 Å². The van der Waals surface area contributed by atoms with Crippen molar-refractivity contribution in [1.82, 2.24) is 4.90 Å². The SMILES string of the molecule is CCOC(=O)C(N)CN(CC)CC1CCC1. The molecule has 0 radical (unpaired) electrons. The van der Waals surface area contributed by atoms with Crippen molar-refractivity contribution in [1.29, 1.82) is 0 Å². The average molecular weight is 228 g/mol. The van der Waals surface area contributed by atoms with Crippen LogP contribution in [0.2, 0.25) is 0 Å². The monoisotopic (exact) mass is 228 g/mol. The van der Waals surface area contributed by atoms with Crippen molar-refractivity contribution in [2.45, 2.75) is 39.2 Å². The fraction of sp³-hybridized carbons (Fsp3) is 0.917. The minimum absolute atomic E-state index is 0.283. The fourth-order valence-electron chi connectivity index (χ4n) is 1.98. The number of ether oxygens (including phenoxy) is 1. The van der Waals surface area contributed by atoms with Crippen molar-refractivity contribution >= 4 is 5.97 Å². The van der Waals surface area contributed by atoms with Gasteiger partial charge in [0, 0.05) is 13.1 Å². The second-order valence-corrected chi connectivity index (χ2v) is 4.51. The first-order chi connectivity index (χ1) is 7.67. The van der Waals surface area contributed by atoms with Crippen LogP contribution in [-0.4, -0.2) is 43.2 Å². The Morgan fingerprint density at radius 3 is 2.62 bits per heavy atom. The van der Waals surface area contributed by atoms with Gasteiger partial charge < -0.3 is 15.4 Å². The van der Waals surface area contributed by atoms with Gasteiger partial charge in [0.05, 0.1) is 6.61 Å². The van der Waals surface area contributed by atoms with Gasteiger partial charge >= 0.3 is 5.97 Å². The normalized spacial score (nSPS) is 18.2. The largest absolute Gasteiger partial charge is 0.465 e. The van der Waals surface area contributed by atoms with Crippen LogP contribution >= 0.6 is 0 Å². The van der Waals surface area contributed by atoms with Crippen molar-refractivity contribution in [3.63, 3.8) is 0 Å². The first-order valence-corrected chi connectivity index (χ1v) is 6.31. The fourth-order valence-corrected chi connectivity index (χ4v) is 1.98. The third-order valence-corrected chi connectivity index (χ3v) is 3.23. The molecule has 16 heavy (non-hydrogen) atoms. The molecule has 1 atom stereocenters. The summed E-state index contributed by atoms with van der Waals surface area (Å²) in [7, 11) is 0. The molecule has 0 heterocycles. The van der Waals surface area contributed by atoms with Crippen LogP contribution in [0, 0.1) is 5.92 Å². The lowest BCUT2D eigenvalue weighted by molar-refractivity contribution is -0.145. The number of likely N-dealkylation sites (N-methyl/N-ethyl adjacent to an activating group) is 1. The van der Waals surface area contributed by atoms with Gasteiger partial charge in [-0.1, -0.05) is 13.3 Å². The Morgan fingerprint density at radius 1 is 1.50 bits per heavy atom. The van der Waals surface area contributed by atoms with E-state index in [2.05, 4.69) is 11.8 Å². The highest BCUT2D eigenvalue weighted by Gasteiger charge is 2.23. The molecule has 1 saturated carbocycles. The van der Waals surface area contributed by atoms with E-state index in [1.165, 1.54) is 19.3 Å². The first-order valence-electron chi connectivity index (χ1n) is 6.31. The Kier molecular flexibility index (Phi) is 5.77. The number of nitrogens with two attached hydrogens (primary N) is 1. The van der Waals surface area contributed by atoms with Gasteiger partial charge in [0.25, 0.3) is 0 Å². The number of hydrogen-bond donors (Lipinski definition) is 1. The summed E-state index contributed by atoms with van der Waals surface area (Å²) >= 11 is 0. The van der Waals surface area contributed by atoms with Gasteiger partial charge in [-0.15, -0.1) is 0 Å². The summed E-state index contributed by atoms with van der Waals surface area (Å²) in [6, 6.07) is -0.500. The molecule has 1 rings (SSSR count). The summed E-state index contributed by atoms with van der Waals surface area (Å²) in [5, 5.41) is 0. The standard InChI is InChI=1S/C12H24N2O2/c1-3-14(8-10-6-5-7-10)9-11(13)12(15)16-4-2/h10-11H,3-9,13H2,1-2H3. The van der Waals surface area contributed by atoms with E-state index in [0.717, 1.165) is 19.0 Å².